The summed E-state index contributed by atoms with van der Waals surface area (Å²) in [6.07, 6.45) is 0. The lowest BCUT2D eigenvalue weighted by atomic mass is 9.92. The summed E-state index contributed by atoms with van der Waals surface area (Å²) in [7, 11) is 1.49. The summed E-state index contributed by atoms with van der Waals surface area (Å²) in [5.74, 6) is 0.230. The third-order valence-electron chi connectivity index (χ3n) is 3.26. The number of benzene rings is 1. The van der Waals surface area contributed by atoms with Crippen molar-refractivity contribution in [2.24, 2.45) is 5.92 Å². The van der Waals surface area contributed by atoms with Crippen LogP contribution in [0.25, 0.3) is 0 Å². The fourth-order valence-corrected chi connectivity index (χ4v) is 1.56. The van der Waals surface area contributed by atoms with Gasteiger partial charge in [-0.1, -0.05) is 25.4 Å². The topological polar surface area (TPSA) is 58.6 Å². The first-order valence-electron chi connectivity index (χ1n) is 6.12. The van der Waals surface area contributed by atoms with Crippen molar-refractivity contribution in [2.75, 3.05) is 13.7 Å². The number of carbonyl (C=O) groups excluding carboxylic acids is 1. The summed E-state index contributed by atoms with van der Waals surface area (Å²) < 4.78 is 5.06. The van der Waals surface area contributed by atoms with Crippen LogP contribution in [0, 0.1) is 5.92 Å². The van der Waals surface area contributed by atoms with Crippen molar-refractivity contribution in [2.45, 2.75) is 26.4 Å². The first-order chi connectivity index (χ1) is 8.77. The van der Waals surface area contributed by atoms with Gasteiger partial charge in [0.2, 0.25) is 0 Å². The Kier molecular flexibility index (Phi) is 5.20. The molecule has 0 aliphatic carbocycles. The van der Waals surface area contributed by atoms with Gasteiger partial charge in [-0.2, -0.15) is 0 Å². The number of nitrogens with one attached hydrogen (secondary N) is 1. The zero-order chi connectivity index (χ0) is 14.6. The van der Waals surface area contributed by atoms with E-state index in [9.17, 15) is 9.90 Å². The summed E-state index contributed by atoms with van der Waals surface area (Å²) in [6, 6.07) is 4.79. The monoisotopic (exact) mass is 285 g/mol. The predicted molar refractivity (Wildman–Crippen MR) is 75.8 cm³/mol. The molecule has 1 rings (SSSR count). The van der Waals surface area contributed by atoms with E-state index in [-0.39, 0.29) is 18.4 Å². The average Bonchev–Trinajstić information content (AvgIpc) is 2.36. The zero-order valence-electron chi connectivity index (χ0n) is 11.7. The highest BCUT2D eigenvalue weighted by molar-refractivity contribution is 6.32. The van der Waals surface area contributed by atoms with Crippen LogP contribution in [0.1, 0.15) is 31.1 Å². The number of hydrogen-bond donors (Lipinski definition) is 2. The number of methoxy groups -OCH3 is 1. The van der Waals surface area contributed by atoms with Crippen molar-refractivity contribution in [3.8, 4) is 5.75 Å². The van der Waals surface area contributed by atoms with E-state index in [1.807, 2.05) is 13.8 Å². The highest BCUT2D eigenvalue weighted by atomic mass is 35.5. The quantitative estimate of drug-likeness (QED) is 0.874. The smallest absolute Gasteiger partial charge is 0.251 e. The van der Waals surface area contributed by atoms with E-state index in [2.05, 4.69) is 5.32 Å². The summed E-state index contributed by atoms with van der Waals surface area (Å²) >= 11 is 5.90. The van der Waals surface area contributed by atoms with Gasteiger partial charge in [0, 0.05) is 12.1 Å². The van der Waals surface area contributed by atoms with E-state index >= 15 is 0 Å². The molecule has 1 unspecified atom stereocenters. The number of amides is 1. The Bertz CT molecular complexity index is 458. The van der Waals surface area contributed by atoms with Crippen LogP contribution in [-0.2, 0) is 0 Å². The number of halogens is 1. The largest absolute Gasteiger partial charge is 0.495 e. The van der Waals surface area contributed by atoms with Gasteiger partial charge in [0.05, 0.1) is 17.7 Å². The predicted octanol–water partition coefficient (Wildman–Crippen LogP) is 2.49. The second-order valence-corrected chi connectivity index (χ2v) is 5.45. The molecule has 0 aromatic heterocycles. The van der Waals surface area contributed by atoms with Gasteiger partial charge in [-0.15, -0.1) is 0 Å². The SMILES string of the molecule is COc1cc(C(=O)NCC(C)(O)C(C)C)ccc1Cl. The third kappa shape index (κ3) is 4.11. The van der Waals surface area contributed by atoms with Crippen LogP contribution in [0.2, 0.25) is 5.02 Å². The van der Waals surface area contributed by atoms with Gasteiger partial charge in [0.15, 0.2) is 0 Å². The van der Waals surface area contributed by atoms with E-state index in [0.29, 0.717) is 16.3 Å². The molecule has 1 amide bonds. The number of hydrogen-bond acceptors (Lipinski definition) is 3. The Morgan fingerprint density at radius 2 is 2.16 bits per heavy atom. The number of carbonyl (C=O) groups is 1. The molecule has 0 heterocycles. The molecule has 5 heteroatoms. The first-order valence-corrected chi connectivity index (χ1v) is 6.50. The van der Waals surface area contributed by atoms with E-state index in [1.54, 1.807) is 25.1 Å². The van der Waals surface area contributed by atoms with Crippen LogP contribution < -0.4 is 10.1 Å². The van der Waals surface area contributed by atoms with E-state index < -0.39 is 5.60 Å². The number of aliphatic hydroxyl groups is 1. The van der Waals surface area contributed by atoms with E-state index in [0.717, 1.165) is 0 Å². The van der Waals surface area contributed by atoms with Gasteiger partial charge >= 0.3 is 0 Å². The average molecular weight is 286 g/mol. The lowest BCUT2D eigenvalue weighted by molar-refractivity contribution is 0.0142. The Morgan fingerprint density at radius 3 is 2.68 bits per heavy atom. The lowest BCUT2D eigenvalue weighted by Crippen LogP contribution is -2.44. The number of rotatable bonds is 5. The maximum Gasteiger partial charge on any atom is 0.251 e. The van der Waals surface area contributed by atoms with Crippen LogP contribution in [0.15, 0.2) is 18.2 Å². The van der Waals surface area contributed by atoms with Gasteiger partial charge in [0.1, 0.15) is 5.75 Å². The minimum absolute atomic E-state index is 0.0487. The maximum absolute atomic E-state index is 12.0. The fraction of sp³-hybridized carbons (Fsp3) is 0.500. The van der Waals surface area contributed by atoms with Crippen molar-refractivity contribution >= 4 is 17.5 Å². The standard InChI is InChI=1S/C14H20ClNO3/c1-9(2)14(3,18)8-16-13(17)10-5-6-11(15)12(7-10)19-4/h5-7,9,18H,8H2,1-4H3,(H,16,17). The lowest BCUT2D eigenvalue weighted by Gasteiger charge is -2.27. The number of ether oxygens (including phenoxy) is 1. The highest BCUT2D eigenvalue weighted by Gasteiger charge is 2.25. The molecule has 2 N–H and O–H groups in total. The highest BCUT2D eigenvalue weighted by Crippen LogP contribution is 2.25. The molecule has 1 aromatic carbocycles. The fourth-order valence-electron chi connectivity index (χ4n) is 1.37. The van der Waals surface area contributed by atoms with E-state index in [4.69, 9.17) is 16.3 Å². The van der Waals surface area contributed by atoms with Gasteiger partial charge in [-0.3, -0.25) is 4.79 Å². The van der Waals surface area contributed by atoms with Gasteiger partial charge < -0.3 is 15.2 Å². The molecule has 4 nitrogen and oxygen atoms in total. The minimum Gasteiger partial charge on any atom is -0.495 e. The van der Waals surface area contributed by atoms with Crippen LogP contribution in [0.4, 0.5) is 0 Å². The zero-order valence-corrected chi connectivity index (χ0v) is 12.4. The molecule has 0 saturated carbocycles. The molecule has 19 heavy (non-hydrogen) atoms. The van der Waals surface area contributed by atoms with Gasteiger partial charge in [0.25, 0.3) is 5.91 Å². The first kappa shape index (κ1) is 15.8. The molecule has 0 aliphatic heterocycles. The van der Waals surface area contributed by atoms with Crippen molar-refractivity contribution in [1.82, 2.24) is 5.32 Å². The molecule has 1 atom stereocenters. The summed E-state index contributed by atoms with van der Waals surface area (Å²) in [5.41, 5.74) is -0.493. The third-order valence-corrected chi connectivity index (χ3v) is 3.58. The molecule has 0 spiro atoms. The van der Waals surface area contributed by atoms with Crippen LogP contribution >= 0.6 is 11.6 Å². The molecule has 0 saturated heterocycles. The second-order valence-electron chi connectivity index (χ2n) is 5.04. The van der Waals surface area contributed by atoms with Crippen LogP contribution in [0.5, 0.6) is 5.75 Å². The molecule has 106 valence electrons. The maximum atomic E-state index is 12.0. The normalized spacial score (nSPS) is 14.1. The second kappa shape index (κ2) is 6.26. The van der Waals surface area contributed by atoms with Crippen molar-refractivity contribution < 1.29 is 14.6 Å². The molecular weight excluding hydrogens is 266 g/mol. The summed E-state index contributed by atoms with van der Waals surface area (Å²) in [6.45, 7) is 5.68. The molecule has 0 bridgehead atoms. The van der Waals surface area contributed by atoms with Gasteiger partial charge in [-0.25, -0.2) is 0 Å². The summed E-state index contributed by atoms with van der Waals surface area (Å²) in [5, 5.41) is 13.2. The Morgan fingerprint density at radius 1 is 1.53 bits per heavy atom. The molecule has 0 fully saturated rings. The minimum atomic E-state index is -0.938. The molecule has 1 aromatic rings. The molecular formula is C14H20ClNO3. The van der Waals surface area contributed by atoms with Crippen molar-refractivity contribution in [3.05, 3.63) is 28.8 Å². The Balaban J connectivity index is 2.74. The Hall–Kier alpha value is -1.26. The molecule has 0 radical (unpaired) electrons. The van der Waals surface area contributed by atoms with E-state index in [1.165, 1.54) is 7.11 Å². The Labute approximate surface area is 118 Å². The van der Waals surface area contributed by atoms with Gasteiger partial charge in [-0.05, 0) is 31.0 Å². The molecule has 0 aliphatic rings. The summed E-state index contributed by atoms with van der Waals surface area (Å²) in [4.78, 5) is 12.0. The van der Waals surface area contributed by atoms with Crippen molar-refractivity contribution in [1.29, 1.82) is 0 Å². The van der Waals surface area contributed by atoms with Crippen LogP contribution in [-0.4, -0.2) is 30.3 Å². The van der Waals surface area contributed by atoms with Crippen molar-refractivity contribution in [3.63, 3.8) is 0 Å². The van der Waals surface area contributed by atoms with Crippen LogP contribution in [0.3, 0.4) is 0 Å².